The fourth-order valence-corrected chi connectivity index (χ4v) is 3.14. The molecule has 24 heavy (non-hydrogen) atoms. The van der Waals surface area contributed by atoms with Crippen molar-refractivity contribution in [3.63, 3.8) is 0 Å². The zero-order valence-electron chi connectivity index (χ0n) is 13.1. The van der Waals surface area contributed by atoms with E-state index in [-0.39, 0.29) is 24.8 Å². The number of nitrogens with two attached hydrogens (primary N) is 2. The lowest BCUT2D eigenvalue weighted by Gasteiger charge is -1.96. The molecule has 4 N–H and O–H groups in total. The van der Waals surface area contributed by atoms with Crippen LogP contribution in [0.1, 0.15) is 35.8 Å². The Morgan fingerprint density at radius 1 is 0.625 bits per heavy atom. The van der Waals surface area contributed by atoms with Crippen LogP contribution in [0.3, 0.4) is 0 Å². The first-order chi connectivity index (χ1) is 10.5. The zero-order chi connectivity index (χ0) is 15.7. The maximum Gasteiger partial charge on any atom is 0.0175 e. The molecule has 0 radical (unpaired) electrons. The summed E-state index contributed by atoms with van der Waals surface area (Å²) in [5.74, 6) is 1.26. The van der Waals surface area contributed by atoms with Crippen molar-refractivity contribution < 1.29 is 0 Å². The van der Waals surface area contributed by atoms with Gasteiger partial charge in [0.1, 0.15) is 0 Å². The predicted octanol–water partition coefficient (Wildman–Crippen LogP) is 5.37. The second-order valence-electron chi connectivity index (χ2n) is 6.12. The quantitative estimate of drug-likeness (QED) is 0.587. The van der Waals surface area contributed by atoms with Crippen molar-refractivity contribution in [3.05, 3.63) is 68.6 Å². The average Bonchev–Trinajstić information content (AvgIpc) is 3.41. The van der Waals surface area contributed by atoms with Crippen molar-refractivity contribution in [1.29, 1.82) is 0 Å². The third-order valence-electron chi connectivity index (χ3n) is 4.28. The Labute approximate surface area is 172 Å². The molecule has 0 saturated heterocycles. The summed E-state index contributed by atoms with van der Waals surface area (Å²) in [7, 11) is 0. The summed E-state index contributed by atoms with van der Waals surface area (Å²) in [4.78, 5) is 0. The molecule has 0 spiro atoms. The molecule has 0 bridgehead atoms. The van der Waals surface area contributed by atoms with Crippen LogP contribution in [0.25, 0.3) is 0 Å². The molecule has 4 atom stereocenters. The number of hydrogen-bond acceptors (Lipinski definition) is 2. The van der Waals surface area contributed by atoms with E-state index in [1.54, 1.807) is 0 Å². The molecule has 132 valence electrons. The Hall–Kier alpha value is -0.100. The summed E-state index contributed by atoms with van der Waals surface area (Å²) in [5.41, 5.74) is 14.2. The highest BCUT2D eigenvalue weighted by molar-refractivity contribution is 9.10. The topological polar surface area (TPSA) is 52.0 Å². The van der Waals surface area contributed by atoms with Crippen LogP contribution in [0.5, 0.6) is 0 Å². The van der Waals surface area contributed by atoms with E-state index in [4.69, 9.17) is 11.5 Å². The molecule has 2 aliphatic rings. The number of rotatable bonds is 2. The van der Waals surface area contributed by atoms with Gasteiger partial charge in [0.2, 0.25) is 0 Å². The zero-order valence-corrected chi connectivity index (χ0v) is 17.9. The molecule has 2 aliphatic carbocycles. The number of hydrogen-bond donors (Lipinski definition) is 2. The maximum absolute atomic E-state index is 5.72. The van der Waals surface area contributed by atoms with E-state index in [2.05, 4.69) is 80.4 Å². The van der Waals surface area contributed by atoms with E-state index in [1.165, 1.54) is 11.1 Å². The maximum atomic E-state index is 5.72. The third kappa shape index (κ3) is 6.01. The molecule has 0 unspecified atom stereocenters. The minimum Gasteiger partial charge on any atom is -0.327 e. The van der Waals surface area contributed by atoms with Gasteiger partial charge in [-0.05, 0) is 48.2 Å². The minimum atomic E-state index is 0. The van der Waals surface area contributed by atoms with Gasteiger partial charge in [-0.3, -0.25) is 0 Å². The van der Waals surface area contributed by atoms with Crippen molar-refractivity contribution in [2.24, 2.45) is 11.5 Å². The molecular formula is C18H22Br2Cl2N2. The normalized spacial score (nSPS) is 26.2. The summed E-state index contributed by atoms with van der Waals surface area (Å²) in [5, 5.41) is 0. The second kappa shape index (κ2) is 9.56. The van der Waals surface area contributed by atoms with Gasteiger partial charge in [-0.25, -0.2) is 0 Å². The minimum absolute atomic E-state index is 0. The Morgan fingerprint density at radius 2 is 0.875 bits per heavy atom. The van der Waals surface area contributed by atoms with Gasteiger partial charge in [-0.2, -0.15) is 0 Å². The first kappa shape index (κ1) is 21.9. The molecule has 2 aromatic rings. The SMILES string of the molecule is Cl.Cl.N[C@@H]1C[C@H]1c1ccc(Br)cc1.N[C@H]1C[C@@H]1c1ccc(Br)cc1. The molecule has 6 heteroatoms. The van der Waals surface area contributed by atoms with Gasteiger partial charge in [-0.15, -0.1) is 24.8 Å². The summed E-state index contributed by atoms with van der Waals surface area (Å²) < 4.78 is 2.27. The van der Waals surface area contributed by atoms with Crippen LogP contribution in [-0.2, 0) is 0 Å². The molecule has 0 amide bonds. The fraction of sp³-hybridized carbons (Fsp3) is 0.333. The lowest BCUT2D eigenvalue weighted by Crippen LogP contribution is -2.00. The van der Waals surface area contributed by atoms with E-state index < -0.39 is 0 Å². The lowest BCUT2D eigenvalue weighted by atomic mass is 10.1. The highest BCUT2D eigenvalue weighted by Gasteiger charge is 2.35. The van der Waals surface area contributed by atoms with Crippen molar-refractivity contribution >= 4 is 56.7 Å². The summed E-state index contributed by atoms with van der Waals surface area (Å²) in [6.07, 6.45) is 2.31. The van der Waals surface area contributed by atoms with Crippen LogP contribution in [0, 0.1) is 0 Å². The molecule has 2 saturated carbocycles. The van der Waals surface area contributed by atoms with Gasteiger partial charge >= 0.3 is 0 Å². The van der Waals surface area contributed by atoms with Crippen LogP contribution in [-0.4, -0.2) is 12.1 Å². The fourth-order valence-electron chi connectivity index (χ4n) is 2.62. The van der Waals surface area contributed by atoms with Gasteiger partial charge in [-0.1, -0.05) is 56.1 Å². The van der Waals surface area contributed by atoms with Crippen LogP contribution in [0.4, 0.5) is 0 Å². The first-order valence-electron chi connectivity index (χ1n) is 7.56. The first-order valence-corrected chi connectivity index (χ1v) is 9.15. The summed E-state index contributed by atoms with van der Waals surface area (Å²) >= 11 is 6.80. The van der Waals surface area contributed by atoms with Crippen molar-refractivity contribution in [1.82, 2.24) is 0 Å². The average molecular weight is 497 g/mol. The van der Waals surface area contributed by atoms with E-state index in [0.29, 0.717) is 23.9 Å². The molecule has 2 fully saturated rings. The Balaban J connectivity index is 0.000000222. The largest absolute Gasteiger partial charge is 0.327 e. The van der Waals surface area contributed by atoms with Crippen molar-refractivity contribution in [2.45, 2.75) is 36.8 Å². The van der Waals surface area contributed by atoms with Gasteiger partial charge in [0.25, 0.3) is 0 Å². The molecule has 2 aromatic carbocycles. The third-order valence-corrected chi connectivity index (χ3v) is 5.33. The van der Waals surface area contributed by atoms with E-state index in [1.807, 2.05) is 0 Å². The molecule has 0 aromatic heterocycles. The van der Waals surface area contributed by atoms with E-state index >= 15 is 0 Å². The molecule has 0 aliphatic heterocycles. The summed E-state index contributed by atoms with van der Waals surface area (Å²) in [6, 6.07) is 17.7. The van der Waals surface area contributed by atoms with Gasteiger partial charge in [0.15, 0.2) is 0 Å². The van der Waals surface area contributed by atoms with Crippen LogP contribution in [0.2, 0.25) is 0 Å². The van der Waals surface area contributed by atoms with Gasteiger partial charge in [0, 0.05) is 32.9 Å². The molecule has 0 heterocycles. The number of benzene rings is 2. The van der Waals surface area contributed by atoms with Crippen LogP contribution >= 0.6 is 56.7 Å². The second-order valence-corrected chi connectivity index (χ2v) is 7.95. The predicted molar refractivity (Wildman–Crippen MR) is 113 cm³/mol. The van der Waals surface area contributed by atoms with Gasteiger partial charge in [0.05, 0.1) is 0 Å². The molecule has 4 rings (SSSR count). The monoisotopic (exact) mass is 494 g/mol. The van der Waals surface area contributed by atoms with Crippen molar-refractivity contribution in [3.8, 4) is 0 Å². The van der Waals surface area contributed by atoms with Gasteiger partial charge < -0.3 is 11.5 Å². The lowest BCUT2D eigenvalue weighted by molar-refractivity contribution is 0.990. The van der Waals surface area contributed by atoms with Crippen LogP contribution < -0.4 is 11.5 Å². The Bertz CT molecular complexity index is 577. The standard InChI is InChI=1S/2C9H10BrN.2ClH/c2*10-7-3-1-6(2-4-7)8-5-9(8)11;;/h2*1-4,8-9H,5,11H2;2*1H/t2*8-,9+;;/m10../s1. The van der Waals surface area contributed by atoms with Crippen molar-refractivity contribution in [2.75, 3.05) is 0 Å². The van der Waals surface area contributed by atoms with Crippen LogP contribution in [0.15, 0.2) is 57.5 Å². The molecular weight excluding hydrogens is 475 g/mol. The highest BCUT2D eigenvalue weighted by Crippen LogP contribution is 2.39. The summed E-state index contributed by atoms with van der Waals surface area (Å²) in [6.45, 7) is 0. The molecule has 2 nitrogen and oxygen atoms in total. The Kier molecular flexibility index (Phi) is 8.74. The Morgan fingerprint density at radius 3 is 1.08 bits per heavy atom. The smallest absolute Gasteiger partial charge is 0.0175 e. The number of halogens is 4. The highest BCUT2D eigenvalue weighted by atomic mass is 79.9. The van der Waals surface area contributed by atoms with E-state index in [9.17, 15) is 0 Å². The van der Waals surface area contributed by atoms with E-state index in [0.717, 1.165) is 21.8 Å².